The minimum atomic E-state index is -0.566. The lowest BCUT2D eigenvalue weighted by Crippen LogP contribution is -2.45. The molecule has 17 heavy (non-hydrogen) atoms. The molecule has 0 aromatic heterocycles. The third-order valence-electron chi connectivity index (χ3n) is 2.50. The summed E-state index contributed by atoms with van der Waals surface area (Å²) in [7, 11) is 0. The van der Waals surface area contributed by atoms with Crippen molar-refractivity contribution < 1.29 is 19.1 Å². The first kappa shape index (κ1) is 14.0. The molecule has 1 saturated heterocycles. The second-order valence-electron chi connectivity index (χ2n) is 5.08. The van der Waals surface area contributed by atoms with Crippen molar-refractivity contribution in [1.82, 2.24) is 4.90 Å². The Hall–Kier alpha value is -1.10. The van der Waals surface area contributed by atoms with Crippen LogP contribution in [0.5, 0.6) is 0 Å². The number of hydrogen-bond donors (Lipinski definition) is 0. The Morgan fingerprint density at radius 1 is 1.41 bits per heavy atom. The van der Waals surface area contributed by atoms with Gasteiger partial charge in [-0.25, -0.2) is 4.79 Å². The molecule has 1 fully saturated rings. The van der Waals surface area contributed by atoms with Crippen LogP contribution in [0.4, 0.5) is 4.79 Å². The summed E-state index contributed by atoms with van der Waals surface area (Å²) >= 11 is 0. The van der Waals surface area contributed by atoms with Gasteiger partial charge < -0.3 is 14.3 Å². The van der Waals surface area contributed by atoms with Gasteiger partial charge in [-0.15, -0.1) is 0 Å². The van der Waals surface area contributed by atoms with E-state index in [4.69, 9.17) is 9.47 Å². The van der Waals surface area contributed by atoms with Crippen molar-refractivity contribution in [2.24, 2.45) is 0 Å². The Bertz CT molecular complexity index is 285. The zero-order valence-electron chi connectivity index (χ0n) is 10.9. The monoisotopic (exact) mass is 243 g/mol. The highest BCUT2D eigenvalue weighted by Gasteiger charge is 2.39. The number of ether oxygens (including phenoxy) is 2. The van der Waals surface area contributed by atoms with Gasteiger partial charge in [0.15, 0.2) is 0 Å². The van der Waals surface area contributed by atoms with E-state index in [9.17, 15) is 9.59 Å². The SMILES string of the molecule is CCOC1CC[C@@H](C=O)N1C(=O)OC(C)(C)C. The first-order valence-corrected chi connectivity index (χ1v) is 5.97. The average molecular weight is 243 g/mol. The molecule has 1 aliphatic rings. The number of aldehydes is 1. The largest absolute Gasteiger partial charge is 0.444 e. The number of carbonyl (C=O) groups is 2. The van der Waals surface area contributed by atoms with E-state index in [-0.39, 0.29) is 6.23 Å². The maximum atomic E-state index is 12.0. The summed E-state index contributed by atoms with van der Waals surface area (Å²) < 4.78 is 10.7. The van der Waals surface area contributed by atoms with E-state index >= 15 is 0 Å². The summed E-state index contributed by atoms with van der Waals surface area (Å²) in [5, 5.41) is 0. The Morgan fingerprint density at radius 2 is 2.06 bits per heavy atom. The van der Waals surface area contributed by atoms with Crippen LogP contribution in [0.1, 0.15) is 40.5 Å². The molecule has 0 aliphatic carbocycles. The van der Waals surface area contributed by atoms with Crippen LogP contribution in [0.25, 0.3) is 0 Å². The third kappa shape index (κ3) is 3.70. The number of amides is 1. The van der Waals surface area contributed by atoms with E-state index in [2.05, 4.69) is 0 Å². The maximum absolute atomic E-state index is 12.0. The number of carbonyl (C=O) groups excluding carboxylic acids is 2. The van der Waals surface area contributed by atoms with Crippen molar-refractivity contribution in [2.45, 2.75) is 58.4 Å². The predicted molar refractivity (Wildman–Crippen MR) is 62.6 cm³/mol. The van der Waals surface area contributed by atoms with Gasteiger partial charge in [-0.05, 0) is 40.5 Å². The fraction of sp³-hybridized carbons (Fsp3) is 0.833. The highest BCUT2D eigenvalue weighted by atomic mass is 16.6. The number of likely N-dealkylation sites (tertiary alicyclic amines) is 1. The van der Waals surface area contributed by atoms with E-state index in [0.717, 1.165) is 6.29 Å². The van der Waals surface area contributed by atoms with Crippen LogP contribution < -0.4 is 0 Å². The Balaban J connectivity index is 2.74. The van der Waals surface area contributed by atoms with Crippen LogP contribution in [0.2, 0.25) is 0 Å². The summed E-state index contributed by atoms with van der Waals surface area (Å²) in [6, 6.07) is -0.429. The molecule has 1 unspecified atom stereocenters. The van der Waals surface area contributed by atoms with Crippen molar-refractivity contribution >= 4 is 12.4 Å². The van der Waals surface area contributed by atoms with Crippen molar-refractivity contribution in [2.75, 3.05) is 6.61 Å². The molecule has 1 rings (SSSR count). The van der Waals surface area contributed by atoms with E-state index in [1.54, 1.807) is 20.8 Å². The van der Waals surface area contributed by atoms with Crippen LogP contribution in [0.15, 0.2) is 0 Å². The highest BCUT2D eigenvalue weighted by molar-refractivity contribution is 5.74. The third-order valence-corrected chi connectivity index (χ3v) is 2.50. The molecule has 0 N–H and O–H groups in total. The van der Waals surface area contributed by atoms with Gasteiger partial charge in [0, 0.05) is 6.61 Å². The van der Waals surface area contributed by atoms with E-state index in [1.807, 2.05) is 6.92 Å². The molecule has 1 amide bonds. The van der Waals surface area contributed by atoms with Gasteiger partial charge in [0.1, 0.15) is 18.1 Å². The molecule has 0 bridgehead atoms. The molecule has 1 aliphatic heterocycles. The normalized spacial score (nSPS) is 24.8. The zero-order chi connectivity index (χ0) is 13.1. The Morgan fingerprint density at radius 3 is 2.53 bits per heavy atom. The lowest BCUT2D eigenvalue weighted by atomic mass is 10.2. The quantitative estimate of drug-likeness (QED) is 0.711. The maximum Gasteiger partial charge on any atom is 0.412 e. The first-order valence-electron chi connectivity index (χ1n) is 5.97. The zero-order valence-corrected chi connectivity index (χ0v) is 10.9. The molecule has 1 heterocycles. The first-order chi connectivity index (χ1) is 7.89. The van der Waals surface area contributed by atoms with Crippen LogP contribution in [-0.4, -0.2) is 41.8 Å². The average Bonchev–Trinajstić information content (AvgIpc) is 2.58. The topological polar surface area (TPSA) is 55.8 Å². The summed E-state index contributed by atoms with van der Waals surface area (Å²) in [6.07, 6.45) is 1.27. The summed E-state index contributed by atoms with van der Waals surface area (Å²) in [5.41, 5.74) is -0.566. The van der Waals surface area contributed by atoms with E-state index in [0.29, 0.717) is 19.4 Å². The minimum Gasteiger partial charge on any atom is -0.444 e. The number of hydrogen-bond acceptors (Lipinski definition) is 4. The smallest absolute Gasteiger partial charge is 0.412 e. The second-order valence-corrected chi connectivity index (χ2v) is 5.08. The van der Waals surface area contributed by atoms with Crippen LogP contribution in [0.3, 0.4) is 0 Å². The van der Waals surface area contributed by atoms with Crippen LogP contribution in [0, 0.1) is 0 Å². The van der Waals surface area contributed by atoms with Gasteiger partial charge in [-0.2, -0.15) is 0 Å². The minimum absolute atomic E-state index is 0.343. The second kappa shape index (κ2) is 5.49. The van der Waals surface area contributed by atoms with E-state index < -0.39 is 17.7 Å². The summed E-state index contributed by atoms with van der Waals surface area (Å²) in [5.74, 6) is 0. The van der Waals surface area contributed by atoms with Gasteiger partial charge in [0.05, 0.1) is 6.04 Å². The molecule has 5 nitrogen and oxygen atoms in total. The number of rotatable bonds is 3. The van der Waals surface area contributed by atoms with Crippen LogP contribution >= 0.6 is 0 Å². The van der Waals surface area contributed by atoms with Crippen molar-refractivity contribution in [3.05, 3.63) is 0 Å². The van der Waals surface area contributed by atoms with Gasteiger partial charge in [0.25, 0.3) is 0 Å². The summed E-state index contributed by atoms with van der Waals surface area (Å²) in [4.78, 5) is 24.3. The molecule has 0 spiro atoms. The van der Waals surface area contributed by atoms with Crippen molar-refractivity contribution in [1.29, 1.82) is 0 Å². The highest BCUT2D eigenvalue weighted by Crippen LogP contribution is 2.26. The molecule has 2 atom stereocenters. The molecule has 0 aromatic carbocycles. The Labute approximate surface area is 102 Å². The van der Waals surface area contributed by atoms with Gasteiger partial charge in [-0.3, -0.25) is 4.90 Å². The van der Waals surface area contributed by atoms with Gasteiger partial charge in [-0.1, -0.05) is 0 Å². The molecule has 5 heteroatoms. The fourth-order valence-corrected chi connectivity index (χ4v) is 1.86. The molecule has 98 valence electrons. The van der Waals surface area contributed by atoms with Crippen molar-refractivity contribution in [3.63, 3.8) is 0 Å². The lowest BCUT2D eigenvalue weighted by Gasteiger charge is -2.30. The Kier molecular flexibility index (Phi) is 4.51. The van der Waals surface area contributed by atoms with Gasteiger partial charge in [0.2, 0.25) is 0 Å². The van der Waals surface area contributed by atoms with Crippen LogP contribution in [-0.2, 0) is 14.3 Å². The van der Waals surface area contributed by atoms with Gasteiger partial charge >= 0.3 is 6.09 Å². The number of nitrogens with zero attached hydrogens (tertiary/aromatic N) is 1. The lowest BCUT2D eigenvalue weighted by molar-refractivity contribution is -0.115. The predicted octanol–water partition coefficient (Wildman–Crippen LogP) is 1.95. The fourth-order valence-electron chi connectivity index (χ4n) is 1.86. The standard InChI is InChI=1S/C12H21NO4/c1-5-16-10-7-6-9(8-14)13(10)11(15)17-12(2,3)4/h8-10H,5-7H2,1-4H3/t9-,10?/m0/s1. The molecule has 0 aromatic rings. The van der Waals surface area contributed by atoms with Crippen molar-refractivity contribution in [3.8, 4) is 0 Å². The molecule has 0 radical (unpaired) electrons. The van der Waals surface area contributed by atoms with E-state index in [1.165, 1.54) is 4.90 Å². The summed E-state index contributed by atoms with van der Waals surface area (Å²) in [6.45, 7) is 7.77. The molecule has 0 saturated carbocycles. The molecular formula is C12H21NO4. The molecular weight excluding hydrogens is 222 g/mol.